The topological polar surface area (TPSA) is 116 Å². The SMILES string of the molecule is CC(O)(CNC(=O)CNC(=O)C(C)(C)C)CC(=O)O. The van der Waals surface area contributed by atoms with Crippen LogP contribution in [0, 0.1) is 5.41 Å². The van der Waals surface area contributed by atoms with Crippen LogP contribution in [0.1, 0.15) is 34.1 Å². The van der Waals surface area contributed by atoms with Gasteiger partial charge in [-0.25, -0.2) is 0 Å². The number of amides is 2. The van der Waals surface area contributed by atoms with E-state index in [9.17, 15) is 19.5 Å². The fourth-order valence-electron chi connectivity index (χ4n) is 1.17. The zero-order chi connectivity index (χ0) is 15.3. The Balaban J connectivity index is 4.07. The molecule has 110 valence electrons. The Labute approximate surface area is 112 Å². The monoisotopic (exact) mass is 274 g/mol. The predicted octanol–water partition coefficient (Wildman–Crippen LogP) is -0.509. The van der Waals surface area contributed by atoms with Crippen LogP contribution in [-0.4, -0.2) is 46.7 Å². The molecule has 2 amide bonds. The number of hydrogen-bond donors (Lipinski definition) is 4. The second kappa shape index (κ2) is 6.51. The molecular weight excluding hydrogens is 252 g/mol. The van der Waals surface area contributed by atoms with Gasteiger partial charge in [0.1, 0.15) is 0 Å². The molecule has 0 aromatic rings. The average molecular weight is 274 g/mol. The normalized spacial score (nSPS) is 14.4. The Morgan fingerprint density at radius 3 is 2.00 bits per heavy atom. The van der Waals surface area contributed by atoms with Crippen LogP contribution in [0.2, 0.25) is 0 Å². The van der Waals surface area contributed by atoms with Crippen LogP contribution in [0.25, 0.3) is 0 Å². The van der Waals surface area contributed by atoms with Gasteiger partial charge in [0, 0.05) is 12.0 Å². The number of carboxylic acid groups (broad SMARTS) is 1. The lowest BCUT2D eigenvalue weighted by atomic mass is 9.96. The van der Waals surface area contributed by atoms with Crippen LogP contribution >= 0.6 is 0 Å². The standard InChI is InChI=1S/C12H22N2O5/c1-11(2,3)10(18)13-6-8(15)14-7-12(4,19)5-9(16)17/h19H,5-7H2,1-4H3,(H,13,18)(H,14,15)(H,16,17). The van der Waals surface area contributed by atoms with Gasteiger partial charge >= 0.3 is 5.97 Å². The molecule has 1 atom stereocenters. The number of aliphatic carboxylic acids is 1. The summed E-state index contributed by atoms with van der Waals surface area (Å²) >= 11 is 0. The van der Waals surface area contributed by atoms with E-state index in [2.05, 4.69) is 10.6 Å². The number of nitrogens with one attached hydrogen (secondary N) is 2. The van der Waals surface area contributed by atoms with E-state index >= 15 is 0 Å². The summed E-state index contributed by atoms with van der Waals surface area (Å²) in [6, 6.07) is 0. The first-order valence-electron chi connectivity index (χ1n) is 5.93. The molecule has 7 heteroatoms. The minimum atomic E-state index is -1.52. The average Bonchev–Trinajstić information content (AvgIpc) is 2.19. The summed E-state index contributed by atoms with van der Waals surface area (Å²) < 4.78 is 0. The van der Waals surface area contributed by atoms with Gasteiger partial charge in [-0.1, -0.05) is 20.8 Å². The fourth-order valence-corrected chi connectivity index (χ4v) is 1.17. The quantitative estimate of drug-likeness (QED) is 0.520. The molecule has 0 rings (SSSR count). The lowest BCUT2D eigenvalue weighted by molar-refractivity contribution is -0.142. The Bertz CT molecular complexity index is 358. The van der Waals surface area contributed by atoms with E-state index in [1.165, 1.54) is 6.92 Å². The number of carboxylic acids is 1. The van der Waals surface area contributed by atoms with Gasteiger partial charge in [0.25, 0.3) is 0 Å². The summed E-state index contributed by atoms with van der Waals surface area (Å²) in [5, 5.41) is 23.0. The molecule has 0 radical (unpaired) electrons. The van der Waals surface area contributed by atoms with Gasteiger partial charge in [-0.2, -0.15) is 0 Å². The van der Waals surface area contributed by atoms with Crippen molar-refractivity contribution in [2.24, 2.45) is 5.41 Å². The maximum Gasteiger partial charge on any atom is 0.306 e. The second-order valence-electron chi connectivity index (χ2n) is 5.78. The van der Waals surface area contributed by atoms with Crippen molar-refractivity contribution in [2.75, 3.05) is 13.1 Å². The lowest BCUT2D eigenvalue weighted by Crippen LogP contribution is -2.46. The van der Waals surface area contributed by atoms with Gasteiger partial charge in [-0.05, 0) is 6.92 Å². The van der Waals surface area contributed by atoms with E-state index in [-0.39, 0.29) is 19.0 Å². The highest BCUT2D eigenvalue weighted by Crippen LogP contribution is 2.12. The van der Waals surface area contributed by atoms with Gasteiger partial charge in [0.05, 0.1) is 18.6 Å². The molecule has 0 aliphatic heterocycles. The first-order chi connectivity index (χ1) is 8.44. The minimum absolute atomic E-state index is 0.191. The Morgan fingerprint density at radius 2 is 1.58 bits per heavy atom. The molecule has 0 aliphatic rings. The van der Waals surface area contributed by atoms with Crippen LogP contribution in [0.5, 0.6) is 0 Å². The van der Waals surface area contributed by atoms with Gasteiger partial charge in [-0.3, -0.25) is 14.4 Å². The molecule has 0 saturated heterocycles. The minimum Gasteiger partial charge on any atom is -0.481 e. The molecule has 0 heterocycles. The highest BCUT2D eigenvalue weighted by Gasteiger charge is 2.25. The first kappa shape index (κ1) is 17.4. The summed E-state index contributed by atoms with van der Waals surface area (Å²) in [4.78, 5) is 33.4. The largest absolute Gasteiger partial charge is 0.481 e. The fraction of sp³-hybridized carbons (Fsp3) is 0.750. The van der Waals surface area contributed by atoms with Gasteiger partial charge in [0.15, 0.2) is 0 Å². The highest BCUT2D eigenvalue weighted by atomic mass is 16.4. The Kier molecular flexibility index (Phi) is 5.95. The number of hydrogen-bond acceptors (Lipinski definition) is 4. The Morgan fingerprint density at radius 1 is 1.05 bits per heavy atom. The first-order valence-corrected chi connectivity index (χ1v) is 5.93. The third kappa shape index (κ3) is 8.15. The molecule has 4 N–H and O–H groups in total. The number of carbonyl (C=O) groups excluding carboxylic acids is 2. The molecule has 0 bridgehead atoms. The van der Waals surface area contributed by atoms with E-state index in [0.717, 1.165) is 0 Å². The van der Waals surface area contributed by atoms with E-state index < -0.39 is 29.3 Å². The molecule has 0 aromatic carbocycles. The maximum absolute atomic E-state index is 11.5. The van der Waals surface area contributed by atoms with Crippen LogP contribution in [-0.2, 0) is 14.4 Å². The van der Waals surface area contributed by atoms with Crippen molar-refractivity contribution in [1.82, 2.24) is 10.6 Å². The molecule has 0 saturated carbocycles. The summed E-state index contributed by atoms with van der Waals surface area (Å²) in [7, 11) is 0. The lowest BCUT2D eigenvalue weighted by Gasteiger charge is -2.22. The summed E-state index contributed by atoms with van der Waals surface area (Å²) in [5.41, 5.74) is -2.11. The van der Waals surface area contributed by atoms with E-state index in [0.29, 0.717) is 0 Å². The van der Waals surface area contributed by atoms with Gasteiger partial charge < -0.3 is 20.8 Å². The van der Waals surface area contributed by atoms with E-state index in [1.807, 2.05) is 0 Å². The van der Waals surface area contributed by atoms with Crippen LogP contribution in [0.4, 0.5) is 0 Å². The van der Waals surface area contributed by atoms with Crippen molar-refractivity contribution < 1.29 is 24.6 Å². The molecule has 0 aromatic heterocycles. The molecule has 19 heavy (non-hydrogen) atoms. The number of rotatable bonds is 6. The summed E-state index contributed by atoms with van der Waals surface area (Å²) in [6.07, 6.45) is -0.471. The zero-order valence-electron chi connectivity index (χ0n) is 11.7. The van der Waals surface area contributed by atoms with Gasteiger partial charge in [0.2, 0.25) is 11.8 Å². The van der Waals surface area contributed by atoms with Crippen LogP contribution < -0.4 is 10.6 Å². The predicted molar refractivity (Wildman–Crippen MR) is 68.4 cm³/mol. The van der Waals surface area contributed by atoms with Crippen molar-refractivity contribution in [3.63, 3.8) is 0 Å². The van der Waals surface area contributed by atoms with Crippen molar-refractivity contribution in [1.29, 1.82) is 0 Å². The maximum atomic E-state index is 11.5. The number of carbonyl (C=O) groups is 3. The van der Waals surface area contributed by atoms with Crippen molar-refractivity contribution in [2.45, 2.75) is 39.7 Å². The molecule has 0 spiro atoms. The highest BCUT2D eigenvalue weighted by molar-refractivity contribution is 5.87. The van der Waals surface area contributed by atoms with E-state index in [4.69, 9.17) is 5.11 Å². The molecule has 1 unspecified atom stereocenters. The van der Waals surface area contributed by atoms with Crippen molar-refractivity contribution >= 4 is 17.8 Å². The summed E-state index contributed by atoms with van der Waals surface area (Å²) in [6.45, 7) is 6.07. The third-order valence-electron chi connectivity index (χ3n) is 2.29. The van der Waals surface area contributed by atoms with Crippen molar-refractivity contribution in [3.05, 3.63) is 0 Å². The van der Waals surface area contributed by atoms with Gasteiger partial charge in [-0.15, -0.1) is 0 Å². The Hall–Kier alpha value is -1.63. The molecular formula is C12H22N2O5. The summed E-state index contributed by atoms with van der Waals surface area (Å²) in [5.74, 6) is -1.90. The zero-order valence-corrected chi connectivity index (χ0v) is 11.7. The molecule has 7 nitrogen and oxygen atoms in total. The van der Waals surface area contributed by atoms with Crippen LogP contribution in [0.3, 0.4) is 0 Å². The third-order valence-corrected chi connectivity index (χ3v) is 2.29. The second-order valence-corrected chi connectivity index (χ2v) is 5.78. The van der Waals surface area contributed by atoms with E-state index in [1.54, 1.807) is 20.8 Å². The smallest absolute Gasteiger partial charge is 0.306 e. The molecule has 0 aliphatic carbocycles. The number of aliphatic hydroxyl groups is 1. The molecule has 0 fully saturated rings. The van der Waals surface area contributed by atoms with Crippen LogP contribution in [0.15, 0.2) is 0 Å². The van der Waals surface area contributed by atoms with Crippen molar-refractivity contribution in [3.8, 4) is 0 Å².